The van der Waals surface area contributed by atoms with Crippen LogP contribution >= 0.6 is 0 Å². The third kappa shape index (κ3) is 2.12. The summed E-state index contributed by atoms with van der Waals surface area (Å²) >= 11 is 0. The Labute approximate surface area is 110 Å². The monoisotopic (exact) mass is 264 g/mol. The Morgan fingerprint density at radius 2 is 2.05 bits per heavy atom. The second kappa shape index (κ2) is 4.38. The summed E-state index contributed by atoms with van der Waals surface area (Å²) in [7, 11) is 0. The first-order chi connectivity index (χ1) is 9.08. The lowest BCUT2D eigenvalue weighted by atomic mass is 10.2. The second-order valence-corrected chi connectivity index (χ2v) is 5.23. The van der Waals surface area contributed by atoms with Crippen LogP contribution in [0.4, 0.5) is 0 Å². The summed E-state index contributed by atoms with van der Waals surface area (Å²) in [4.78, 5) is 24.9. The number of nitrogens with zero attached hydrogens (tertiary/aromatic N) is 2. The van der Waals surface area contributed by atoms with Crippen molar-refractivity contribution in [2.75, 3.05) is 6.54 Å². The number of carbonyl (C=O) groups is 2. The van der Waals surface area contributed by atoms with Crippen molar-refractivity contribution in [1.29, 1.82) is 0 Å². The molecular formula is C13H16N2O4. The van der Waals surface area contributed by atoms with Gasteiger partial charge in [0.15, 0.2) is 0 Å². The molecule has 3 rings (SSSR count). The lowest BCUT2D eigenvalue weighted by Crippen LogP contribution is -2.41. The average molecular weight is 264 g/mol. The van der Waals surface area contributed by atoms with Gasteiger partial charge in [-0.15, -0.1) is 0 Å². The van der Waals surface area contributed by atoms with E-state index in [1.165, 1.54) is 4.90 Å². The van der Waals surface area contributed by atoms with E-state index in [4.69, 9.17) is 5.11 Å². The van der Waals surface area contributed by atoms with Gasteiger partial charge in [0.25, 0.3) is 5.91 Å². The molecule has 2 fully saturated rings. The van der Waals surface area contributed by atoms with Crippen LogP contribution in [-0.2, 0) is 4.79 Å². The largest absolute Gasteiger partial charge is 0.480 e. The quantitative estimate of drug-likeness (QED) is 0.832. The zero-order valence-corrected chi connectivity index (χ0v) is 10.4. The molecule has 1 saturated carbocycles. The summed E-state index contributed by atoms with van der Waals surface area (Å²) in [5.41, 5.74) is 0.517. The highest BCUT2D eigenvalue weighted by Crippen LogP contribution is 2.36. The maximum absolute atomic E-state index is 12.5. The predicted octanol–water partition coefficient (Wildman–Crippen LogP) is 0.483. The van der Waals surface area contributed by atoms with Crippen molar-refractivity contribution in [2.24, 2.45) is 0 Å². The molecule has 1 aromatic rings. The zero-order chi connectivity index (χ0) is 13.6. The minimum absolute atomic E-state index is 0.0889. The number of aliphatic hydroxyl groups excluding tert-OH is 1. The van der Waals surface area contributed by atoms with Gasteiger partial charge < -0.3 is 19.7 Å². The van der Waals surface area contributed by atoms with E-state index in [1.807, 2.05) is 10.8 Å². The van der Waals surface area contributed by atoms with E-state index < -0.39 is 18.1 Å². The normalized spacial score (nSPS) is 26.7. The molecular weight excluding hydrogens is 248 g/mol. The highest BCUT2D eigenvalue weighted by molar-refractivity contribution is 5.96. The zero-order valence-electron chi connectivity index (χ0n) is 10.4. The van der Waals surface area contributed by atoms with E-state index >= 15 is 0 Å². The number of hydrogen-bond acceptors (Lipinski definition) is 3. The number of carboxylic acid groups (broad SMARTS) is 1. The molecule has 6 heteroatoms. The van der Waals surface area contributed by atoms with Gasteiger partial charge in [-0.25, -0.2) is 4.79 Å². The van der Waals surface area contributed by atoms with Crippen molar-refractivity contribution in [2.45, 2.75) is 37.5 Å². The number of rotatable bonds is 3. The Hall–Kier alpha value is -1.82. The molecule has 0 spiro atoms. The number of β-amino-alcohol motifs (C(OH)–C–C–N with tert-alkyl or cyclic N) is 1. The number of amides is 1. The molecule has 0 unspecified atom stereocenters. The highest BCUT2D eigenvalue weighted by Gasteiger charge is 2.40. The van der Waals surface area contributed by atoms with Crippen LogP contribution in [0.25, 0.3) is 0 Å². The SMILES string of the molecule is O=C(O)[C@@H]1C[C@H](O)CN1C(=O)c1cccn1C1CC1. The van der Waals surface area contributed by atoms with E-state index in [0.29, 0.717) is 11.7 Å². The molecule has 1 aliphatic carbocycles. The van der Waals surface area contributed by atoms with Gasteiger partial charge >= 0.3 is 5.97 Å². The molecule has 19 heavy (non-hydrogen) atoms. The van der Waals surface area contributed by atoms with Crippen molar-refractivity contribution in [3.05, 3.63) is 24.0 Å². The average Bonchev–Trinajstić information content (AvgIpc) is 2.96. The molecule has 2 aliphatic rings. The highest BCUT2D eigenvalue weighted by atomic mass is 16.4. The molecule has 0 aromatic carbocycles. The van der Waals surface area contributed by atoms with Gasteiger partial charge in [-0.05, 0) is 25.0 Å². The number of hydrogen-bond donors (Lipinski definition) is 2. The van der Waals surface area contributed by atoms with E-state index in [-0.39, 0.29) is 18.9 Å². The first kappa shape index (κ1) is 12.2. The smallest absolute Gasteiger partial charge is 0.326 e. The Bertz CT molecular complexity index is 520. The Morgan fingerprint density at radius 1 is 1.32 bits per heavy atom. The van der Waals surface area contributed by atoms with Crippen molar-refractivity contribution in [3.63, 3.8) is 0 Å². The molecule has 0 bridgehead atoms. The van der Waals surface area contributed by atoms with Gasteiger partial charge in [0.05, 0.1) is 6.10 Å². The number of likely N-dealkylation sites (tertiary alicyclic amines) is 1. The van der Waals surface area contributed by atoms with Crippen LogP contribution in [0.3, 0.4) is 0 Å². The number of aliphatic carboxylic acids is 1. The fraction of sp³-hybridized carbons (Fsp3) is 0.538. The summed E-state index contributed by atoms with van der Waals surface area (Å²) in [6, 6.07) is 2.95. The third-order valence-electron chi connectivity index (χ3n) is 3.76. The van der Waals surface area contributed by atoms with Crippen LogP contribution in [0.2, 0.25) is 0 Å². The van der Waals surface area contributed by atoms with Crippen LogP contribution in [0, 0.1) is 0 Å². The van der Waals surface area contributed by atoms with Crippen molar-refractivity contribution >= 4 is 11.9 Å². The van der Waals surface area contributed by atoms with Crippen LogP contribution in [0.5, 0.6) is 0 Å². The predicted molar refractivity (Wildman–Crippen MR) is 65.8 cm³/mol. The fourth-order valence-corrected chi connectivity index (χ4v) is 2.67. The first-order valence-electron chi connectivity index (χ1n) is 6.46. The minimum Gasteiger partial charge on any atom is -0.480 e. The van der Waals surface area contributed by atoms with Crippen LogP contribution < -0.4 is 0 Å². The Kier molecular flexibility index (Phi) is 2.82. The Morgan fingerprint density at radius 3 is 2.68 bits per heavy atom. The minimum atomic E-state index is -1.06. The molecule has 2 N–H and O–H groups in total. The van der Waals surface area contributed by atoms with E-state index in [2.05, 4.69) is 0 Å². The lowest BCUT2D eigenvalue weighted by Gasteiger charge is -2.21. The summed E-state index contributed by atoms with van der Waals surface area (Å²) in [5.74, 6) is -1.37. The van der Waals surface area contributed by atoms with Gasteiger partial charge in [-0.3, -0.25) is 4.79 Å². The van der Waals surface area contributed by atoms with E-state index in [0.717, 1.165) is 12.8 Å². The molecule has 6 nitrogen and oxygen atoms in total. The molecule has 102 valence electrons. The molecule has 2 atom stereocenters. The number of carboxylic acids is 1. The van der Waals surface area contributed by atoms with Crippen LogP contribution in [0.15, 0.2) is 18.3 Å². The molecule has 1 amide bonds. The topological polar surface area (TPSA) is 82.8 Å². The van der Waals surface area contributed by atoms with Gasteiger partial charge in [0.1, 0.15) is 11.7 Å². The van der Waals surface area contributed by atoms with E-state index in [9.17, 15) is 14.7 Å². The number of aromatic nitrogens is 1. The third-order valence-corrected chi connectivity index (χ3v) is 3.76. The number of carbonyl (C=O) groups excluding carboxylic acids is 1. The van der Waals surface area contributed by atoms with Gasteiger partial charge in [-0.2, -0.15) is 0 Å². The molecule has 0 radical (unpaired) electrons. The van der Waals surface area contributed by atoms with Gasteiger partial charge in [-0.1, -0.05) is 0 Å². The number of aliphatic hydroxyl groups is 1. The fourth-order valence-electron chi connectivity index (χ4n) is 2.67. The molecule has 1 saturated heterocycles. The first-order valence-corrected chi connectivity index (χ1v) is 6.46. The molecule has 2 heterocycles. The molecule has 1 aliphatic heterocycles. The summed E-state index contributed by atoms with van der Waals surface area (Å²) in [5, 5.41) is 18.7. The standard InChI is InChI=1S/C13H16N2O4/c16-9-6-11(13(18)19)15(7-9)12(17)10-2-1-5-14(10)8-3-4-8/h1-2,5,8-9,11,16H,3-4,6-7H2,(H,18,19)/t9-,11-/m0/s1. The summed E-state index contributed by atoms with van der Waals surface area (Å²) < 4.78 is 1.91. The maximum atomic E-state index is 12.5. The van der Waals surface area contributed by atoms with Crippen LogP contribution in [0.1, 0.15) is 35.8 Å². The summed E-state index contributed by atoms with van der Waals surface area (Å²) in [6.07, 6.45) is 3.31. The van der Waals surface area contributed by atoms with Gasteiger partial charge in [0.2, 0.25) is 0 Å². The van der Waals surface area contributed by atoms with E-state index in [1.54, 1.807) is 12.1 Å². The van der Waals surface area contributed by atoms with Gasteiger partial charge in [0, 0.05) is 25.2 Å². The van der Waals surface area contributed by atoms with Crippen molar-refractivity contribution < 1.29 is 19.8 Å². The molecule has 1 aromatic heterocycles. The Balaban J connectivity index is 1.86. The van der Waals surface area contributed by atoms with Crippen LogP contribution in [-0.4, -0.2) is 50.2 Å². The van der Waals surface area contributed by atoms with Crippen molar-refractivity contribution in [1.82, 2.24) is 9.47 Å². The second-order valence-electron chi connectivity index (χ2n) is 5.23. The van der Waals surface area contributed by atoms with Crippen molar-refractivity contribution in [3.8, 4) is 0 Å². The lowest BCUT2D eigenvalue weighted by molar-refractivity contribution is -0.141. The summed E-state index contributed by atoms with van der Waals surface area (Å²) in [6.45, 7) is 0.0889. The maximum Gasteiger partial charge on any atom is 0.326 e.